The molecule has 0 aliphatic heterocycles. The molecule has 0 aromatic carbocycles. The summed E-state index contributed by atoms with van der Waals surface area (Å²) in [5, 5.41) is 10.1. The van der Waals surface area contributed by atoms with Crippen LogP contribution >= 0.6 is 24.0 Å². The number of hydrogen-bond donors (Lipinski definition) is 3. The molecule has 2 aliphatic carbocycles. The average molecular weight is 485 g/mol. The Morgan fingerprint density at radius 3 is 2.74 bits per heavy atom. The van der Waals surface area contributed by atoms with Crippen LogP contribution in [-0.2, 0) is 11.2 Å². The van der Waals surface area contributed by atoms with E-state index >= 15 is 0 Å². The Hall–Kier alpha value is -1.38. The van der Waals surface area contributed by atoms with Gasteiger partial charge < -0.3 is 16.0 Å². The molecule has 27 heavy (non-hydrogen) atoms. The highest BCUT2D eigenvalue weighted by molar-refractivity contribution is 14.0. The summed E-state index contributed by atoms with van der Waals surface area (Å²) in [5.41, 5.74) is 2.52. The smallest absolute Gasteiger partial charge is 0.223 e. The van der Waals surface area contributed by atoms with Gasteiger partial charge in [0.05, 0.1) is 0 Å². The van der Waals surface area contributed by atoms with Gasteiger partial charge in [-0.3, -0.25) is 14.8 Å². The van der Waals surface area contributed by atoms with E-state index in [0.29, 0.717) is 12.1 Å². The predicted molar refractivity (Wildman–Crippen MR) is 120 cm³/mol. The van der Waals surface area contributed by atoms with Crippen molar-refractivity contribution in [2.75, 3.05) is 13.6 Å². The maximum atomic E-state index is 12.3. The first-order valence-electron chi connectivity index (χ1n) is 9.82. The minimum absolute atomic E-state index is 0. The topological polar surface area (TPSA) is 78.4 Å². The van der Waals surface area contributed by atoms with Crippen LogP contribution in [0.1, 0.15) is 49.7 Å². The van der Waals surface area contributed by atoms with E-state index in [1.807, 2.05) is 12.4 Å². The van der Waals surface area contributed by atoms with Gasteiger partial charge in [0.1, 0.15) is 0 Å². The van der Waals surface area contributed by atoms with E-state index in [2.05, 4.69) is 38.9 Å². The molecule has 2 aliphatic rings. The number of nitrogens with one attached hydrogen (secondary N) is 3. The Morgan fingerprint density at radius 2 is 2.04 bits per heavy atom. The van der Waals surface area contributed by atoms with Gasteiger partial charge in [0.15, 0.2) is 5.96 Å². The highest BCUT2D eigenvalue weighted by Crippen LogP contribution is 2.26. The van der Waals surface area contributed by atoms with Crippen molar-refractivity contribution in [3.05, 3.63) is 29.6 Å². The molecule has 150 valence electrons. The summed E-state index contributed by atoms with van der Waals surface area (Å²) < 4.78 is 0. The van der Waals surface area contributed by atoms with Gasteiger partial charge in [-0.2, -0.15) is 0 Å². The number of aliphatic imine (C=N–C) groups is 1. The van der Waals surface area contributed by atoms with Gasteiger partial charge in [-0.1, -0.05) is 6.42 Å². The lowest BCUT2D eigenvalue weighted by molar-refractivity contribution is -0.126. The van der Waals surface area contributed by atoms with E-state index in [1.165, 1.54) is 11.1 Å². The maximum absolute atomic E-state index is 12.3. The lowest BCUT2D eigenvalue weighted by Gasteiger charge is -2.30. The van der Waals surface area contributed by atoms with Gasteiger partial charge in [0.2, 0.25) is 5.91 Å². The van der Waals surface area contributed by atoms with E-state index in [9.17, 15) is 4.79 Å². The number of amides is 1. The van der Waals surface area contributed by atoms with E-state index in [1.54, 1.807) is 7.05 Å². The minimum Gasteiger partial charge on any atom is -0.356 e. The molecule has 7 heteroatoms. The van der Waals surface area contributed by atoms with Crippen molar-refractivity contribution in [1.82, 2.24) is 20.9 Å². The van der Waals surface area contributed by atoms with Gasteiger partial charge in [0, 0.05) is 44.0 Å². The summed E-state index contributed by atoms with van der Waals surface area (Å²) in [4.78, 5) is 20.8. The second-order valence-electron chi connectivity index (χ2n) is 7.54. The van der Waals surface area contributed by atoms with Crippen molar-refractivity contribution in [2.45, 2.75) is 64.0 Å². The quantitative estimate of drug-likeness (QED) is 0.329. The third-order valence-electron chi connectivity index (χ3n) is 5.36. The van der Waals surface area contributed by atoms with Gasteiger partial charge in [-0.15, -0.1) is 24.0 Å². The summed E-state index contributed by atoms with van der Waals surface area (Å²) in [6.07, 6.45) is 11.0. The fourth-order valence-electron chi connectivity index (χ4n) is 3.59. The Kier molecular flexibility index (Phi) is 8.79. The van der Waals surface area contributed by atoms with E-state index in [-0.39, 0.29) is 35.8 Å². The summed E-state index contributed by atoms with van der Waals surface area (Å²) >= 11 is 0. The molecule has 2 atom stereocenters. The van der Waals surface area contributed by atoms with Gasteiger partial charge >= 0.3 is 0 Å². The molecule has 1 heterocycles. The van der Waals surface area contributed by atoms with Crippen LogP contribution in [0.4, 0.5) is 0 Å². The molecule has 3 N–H and O–H groups in total. The lowest BCUT2D eigenvalue weighted by Crippen LogP contribution is -2.47. The molecule has 6 nitrogen and oxygen atoms in total. The van der Waals surface area contributed by atoms with Crippen molar-refractivity contribution < 1.29 is 4.79 Å². The van der Waals surface area contributed by atoms with Gasteiger partial charge in [-0.25, -0.2) is 0 Å². The zero-order valence-corrected chi connectivity index (χ0v) is 18.7. The summed E-state index contributed by atoms with van der Waals surface area (Å²) in [6.45, 7) is 2.91. The minimum atomic E-state index is 0. The van der Waals surface area contributed by atoms with Crippen LogP contribution in [0.5, 0.6) is 0 Å². The van der Waals surface area contributed by atoms with Crippen molar-refractivity contribution >= 4 is 35.8 Å². The summed E-state index contributed by atoms with van der Waals surface area (Å²) in [5.74, 6) is 1.21. The van der Waals surface area contributed by atoms with Crippen LogP contribution < -0.4 is 16.0 Å². The molecule has 0 saturated heterocycles. The number of aryl methyl sites for hydroxylation is 1. The van der Waals surface area contributed by atoms with Crippen LogP contribution in [0.25, 0.3) is 0 Å². The van der Waals surface area contributed by atoms with Crippen LogP contribution in [-0.4, -0.2) is 42.5 Å². The number of hydrogen-bond acceptors (Lipinski definition) is 3. The Bertz CT molecular complexity index is 647. The number of carbonyl (C=O) groups excluding carboxylic acids is 1. The monoisotopic (exact) mass is 485 g/mol. The molecular weight excluding hydrogens is 453 g/mol. The molecule has 0 bridgehead atoms. The SMILES string of the molecule is CN=C(NCCc1ccncc1C)NC1CCCC(C(=O)NC2CC2)C1.I. The van der Waals surface area contributed by atoms with Crippen molar-refractivity contribution in [3.63, 3.8) is 0 Å². The van der Waals surface area contributed by atoms with Crippen molar-refractivity contribution in [3.8, 4) is 0 Å². The second kappa shape index (κ2) is 10.8. The number of carbonyl (C=O) groups is 1. The predicted octanol–water partition coefficient (Wildman–Crippen LogP) is 2.55. The summed E-state index contributed by atoms with van der Waals surface area (Å²) in [7, 11) is 1.80. The summed E-state index contributed by atoms with van der Waals surface area (Å²) in [6, 6.07) is 2.83. The number of rotatable bonds is 6. The third kappa shape index (κ3) is 6.93. The number of aromatic nitrogens is 1. The zero-order valence-electron chi connectivity index (χ0n) is 16.3. The van der Waals surface area contributed by atoms with Gasteiger partial charge in [0.25, 0.3) is 0 Å². The van der Waals surface area contributed by atoms with Crippen molar-refractivity contribution in [2.24, 2.45) is 10.9 Å². The van der Waals surface area contributed by atoms with Crippen LogP contribution in [0.15, 0.2) is 23.5 Å². The van der Waals surface area contributed by atoms with Crippen LogP contribution in [0.2, 0.25) is 0 Å². The van der Waals surface area contributed by atoms with E-state index < -0.39 is 0 Å². The molecule has 1 aromatic rings. The first-order chi connectivity index (χ1) is 12.7. The first-order valence-corrected chi connectivity index (χ1v) is 9.82. The first kappa shape index (κ1) is 21.9. The zero-order chi connectivity index (χ0) is 18.4. The second-order valence-corrected chi connectivity index (χ2v) is 7.54. The highest BCUT2D eigenvalue weighted by Gasteiger charge is 2.31. The number of halogens is 1. The van der Waals surface area contributed by atoms with Crippen molar-refractivity contribution in [1.29, 1.82) is 0 Å². The molecule has 1 aromatic heterocycles. The Balaban J connectivity index is 0.00000261. The molecule has 2 fully saturated rings. The third-order valence-corrected chi connectivity index (χ3v) is 5.36. The molecule has 2 unspecified atom stereocenters. The molecule has 0 radical (unpaired) electrons. The molecule has 1 amide bonds. The molecule has 0 spiro atoms. The number of guanidine groups is 1. The fourth-order valence-corrected chi connectivity index (χ4v) is 3.59. The molecular formula is C20H32IN5O. The normalized spacial score (nSPS) is 22.5. The Labute approximate surface area is 179 Å². The Morgan fingerprint density at radius 1 is 1.22 bits per heavy atom. The van der Waals surface area contributed by atoms with Gasteiger partial charge in [-0.05, 0) is 62.6 Å². The molecule has 3 rings (SSSR count). The van der Waals surface area contributed by atoms with E-state index in [4.69, 9.17) is 0 Å². The fraction of sp³-hybridized carbons (Fsp3) is 0.650. The average Bonchev–Trinajstić information content (AvgIpc) is 3.46. The molecule has 2 saturated carbocycles. The van der Waals surface area contributed by atoms with E-state index in [0.717, 1.165) is 57.5 Å². The maximum Gasteiger partial charge on any atom is 0.223 e. The van der Waals surface area contributed by atoms with Crippen LogP contribution in [0.3, 0.4) is 0 Å². The standard InChI is InChI=1S/C20H31N5O.HI/c1-14-13-22-10-8-15(14)9-11-23-20(21-2)25-18-5-3-4-16(12-18)19(26)24-17-6-7-17;/h8,10,13,16-18H,3-7,9,11-12H2,1-2H3,(H,24,26)(H2,21,23,25);1H. The highest BCUT2D eigenvalue weighted by atomic mass is 127. The lowest BCUT2D eigenvalue weighted by atomic mass is 9.85. The van der Waals surface area contributed by atoms with Crippen LogP contribution in [0, 0.1) is 12.8 Å². The largest absolute Gasteiger partial charge is 0.356 e. The number of nitrogens with zero attached hydrogens (tertiary/aromatic N) is 2. The number of pyridine rings is 1.